The van der Waals surface area contributed by atoms with Crippen molar-refractivity contribution in [3.63, 3.8) is 0 Å². The van der Waals surface area contributed by atoms with E-state index >= 15 is 0 Å². The summed E-state index contributed by atoms with van der Waals surface area (Å²) < 4.78 is 76.4. The molecular weight excluding hydrogens is 1260 g/mol. The van der Waals surface area contributed by atoms with Gasteiger partial charge in [0.05, 0.1) is 57.9 Å². The number of rotatable bonds is 24. The van der Waals surface area contributed by atoms with Crippen molar-refractivity contribution in [1.29, 1.82) is 0 Å². The van der Waals surface area contributed by atoms with Gasteiger partial charge in [-0.15, -0.1) is 0 Å². The van der Waals surface area contributed by atoms with E-state index in [0.717, 1.165) is 20.8 Å². The van der Waals surface area contributed by atoms with Crippen molar-refractivity contribution in [2.24, 2.45) is 0 Å². The smallest absolute Gasteiger partial charge is 0.364 e. The zero-order valence-electron chi connectivity index (χ0n) is 49.5. The van der Waals surface area contributed by atoms with E-state index in [1.165, 1.54) is 6.92 Å². The standard InChI is InChI=1S/C51H85N3O38/c1-12-26(65)32(71)35(74)47(81-12)88-39-21(10-59)85-46(90-42-30(69)22(11-80-45-24(53-14(3)61)31(70)28(67)18(7-56)83-45)86-48(36(42)75)87-38-20(9-58)82-44(77)34(73)33(38)72)25(54-15(4)62)41(39)89-49-37(76)43(29(68)19(8-57)84-49)92-51(50(78)79)5-16(63)23(52-13(2)60)40(91-51)27(66)17(64)6-55/h12,16-49,55-59,63-77H,5-11H2,1-4H3,(H,52,60)(H,53,61)(H,54,62)(H,78,79)/t12-,16-,17+,18+,19+,20+,21+,22+,23+,24+,25+,26+,27+,28+,29-,30-,31+,32+,33+,34+,35-,36+,37+,38+,39+,40+,41+,42-,43-,44+,45+,46-,47-,48-,49-,51-/m0/s1. The summed E-state index contributed by atoms with van der Waals surface area (Å²) >= 11 is 0. The van der Waals surface area contributed by atoms with E-state index in [9.17, 15) is 126 Å². The average molecular weight is 1350 g/mol. The summed E-state index contributed by atoms with van der Waals surface area (Å²) in [5.74, 6) is -8.20. The highest BCUT2D eigenvalue weighted by Gasteiger charge is 2.62. The number of hydrogen-bond acceptors (Lipinski definition) is 37. The van der Waals surface area contributed by atoms with Crippen LogP contribution < -0.4 is 16.0 Å². The summed E-state index contributed by atoms with van der Waals surface area (Å²) in [4.78, 5) is 51.4. The summed E-state index contributed by atoms with van der Waals surface area (Å²) in [6.45, 7) is -2.53. The van der Waals surface area contributed by atoms with Crippen LogP contribution in [0.25, 0.3) is 0 Å². The van der Waals surface area contributed by atoms with Gasteiger partial charge >= 0.3 is 5.97 Å². The molecular formula is C51H85N3O38. The lowest BCUT2D eigenvalue weighted by molar-refractivity contribution is -0.399. The molecule has 0 unspecified atom stereocenters. The third-order valence-electron chi connectivity index (χ3n) is 16.7. The van der Waals surface area contributed by atoms with Crippen LogP contribution in [0.3, 0.4) is 0 Å². The molecule has 7 rings (SSSR count). The molecule has 0 saturated carbocycles. The second-order valence-corrected chi connectivity index (χ2v) is 23.2. The molecule has 0 aromatic carbocycles. The summed E-state index contributed by atoms with van der Waals surface area (Å²) in [6, 6.07) is -5.48. The first-order valence-electron chi connectivity index (χ1n) is 29.1. The molecule has 36 atom stereocenters. The van der Waals surface area contributed by atoms with Crippen molar-refractivity contribution in [3.8, 4) is 0 Å². The van der Waals surface area contributed by atoms with Crippen molar-refractivity contribution in [1.82, 2.24) is 16.0 Å². The second-order valence-electron chi connectivity index (χ2n) is 23.2. The van der Waals surface area contributed by atoms with E-state index < -0.39 is 290 Å². The number of ether oxygens (including phenoxy) is 13. The van der Waals surface area contributed by atoms with Gasteiger partial charge in [0.15, 0.2) is 37.7 Å². The number of aliphatic hydroxyl groups excluding tert-OH is 20. The van der Waals surface area contributed by atoms with Crippen LogP contribution in [-0.4, -0.2) is 391 Å². The lowest BCUT2D eigenvalue weighted by atomic mass is 9.88. The van der Waals surface area contributed by atoms with Gasteiger partial charge in [-0.1, -0.05) is 0 Å². The molecule has 0 aliphatic carbocycles. The largest absolute Gasteiger partial charge is 0.477 e. The Labute approximate surface area is 520 Å². The van der Waals surface area contributed by atoms with E-state index in [4.69, 9.17) is 61.6 Å². The summed E-state index contributed by atoms with van der Waals surface area (Å²) in [5.41, 5.74) is 0. The Balaban J connectivity index is 1.29. The van der Waals surface area contributed by atoms with E-state index in [1.54, 1.807) is 0 Å². The van der Waals surface area contributed by atoms with Gasteiger partial charge in [-0.2, -0.15) is 0 Å². The van der Waals surface area contributed by atoms with Crippen molar-refractivity contribution in [2.45, 2.75) is 254 Å². The maximum atomic E-state index is 13.5. The van der Waals surface area contributed by atoms with Crippen molar-refractivity contribution in [3.05, 3.63) is 0 Å². The average Bonchev–Trinajstić information content (AvgIpc) is 0.773. The highest BCUT2D eigenvalue weighted by Crippen LogP contribution is 2.41. The van der Waals surface area contributed by atoms with Crippen molar-refractivity contribution in [2.75, 3.05) is 39.6 Å². The maximum absolute atomic E-state index is 13.5. The molecule has 0 aromatic rings. The minimum Gasteiger partial charge on any atom is -0.477 e. The zero-order valence-corrected chi connectivity index (χ0v) is 49.5. The van der Waals surface area contributed by atoms with E-state index in [-0.39, 0.29) is 0 Å². The number of carbonyl (C=O) groups is 4. The number of carbonyl (C=O) groups excluding carboxylic acids is 3. The third-order valence-corrected chi connectivity index (χ3v) is 16.7. The molecule has 7 saturated heterocycles. The number of nitrogens with one attached hydrogen (secondary N) is 3. The van der Waals surface area contributed by atoms with E-state index in [0.29, 0.717) is 0 Å². The van der Waals surface area contributed by atoms with Gasteiger partial charge in [0.1, 0.15) is 159 Å². The first kappa shape index (κ1) is 75.9. The Kier molecular flexibility index (Phi) is 26.6. The first-order valence-corrected chi connectivity index (χ1v) is 29.1. The molecule has 7 aliphatic heterocycles. The number of carboxylic acid groups (broad SMARTS) is 1. The minimum absolute atomic E-state index is 0.791. The minimum atomic E-state index is -3.33. The summed E-state index contributed by atoms with van der Waals surface area (Å²) in [6.07, 6.45) is -68.3. The topological polar surface area (TPSA) is 649 Å². The van der Waals surface area contributed by atoms with E-state index in [1.807, 2.05) is 0 Å². The van der Waals surface area contributed by atoms with Gasteiger partial charge in [-0.3, -0.25) is 14.4 Å². The lowest BCUT2D eigenvalue weighted by Gasteiger charge is -2.52. The van der Waals surface area contributed by atoms with Crippen LogP contribution in [0.1, 0.15) is 34.1 Å². The number of aliphatic carboxylic acids is 1. The molecule has 41 nitrogen and oxygen atoms in total. The Morgan fingerprint density at radius 1 is 0.467 bits per heavy atom. The quantitative estimate of drug-likeness (QED) is 0.0427. The highest BCUT2D eigenvalue weighted by atomic mass is 16.8. The summed E-state index contributed by atoms with van der Waals surface area (Å²) in [7, 11) is 0. The summed E-state index contributed by atoms with van der Waals surface area (Å²) in [5, 5.41) is 237. The van der Waals surface area contributed by atoms with Crippen LogP contribution >= 0.6 is 0 Å². The van der Waals surface area contributed by atoms with Crippen molar-refractivity contribution >= 4 is 23.7 Å². The fourth-order valence-electron chi connectivity index (χ4n) is 11.8. The monoisotopic (exact) mass is 1350 g/mol. The molecule has 532 valence electrons. The molecule has 92 heavy (non-hydrogen) atoms. The number of aliphatic hydroxyl groups is 20. The predicted molar refractivity (Wildman–Crippen MR) is 282 cm³/mol. The van der Waals surface area contributed by atoms with Crippen LogP contribution in [0.2, 0.25) is 0 Å². The predicted octanol–water partition coefficient (Wildman–Crippen LogP) is -15.6. The number of carboxylic acids is 1. The van der Waals surface area contributed by atoms with Crippen molar-refractivity contribution < 1.29 is 188 Å². The number of amides is 3. The van der Waals surface area contributed by atoms with Crippen LogP contribution in [0.15, 0.2) is 0 Å². The van der Waals surface area contributed by atoms with Crippen LogP contribution in [-0.2, 0) is 80.8 Å². The van der Waals surface area contributed by atoms with E-state index in [2.05, 4.69) is 16.0 Å². The second kappa shape index (κ2) is 32.3. The normalized spacial score (nSPS) is 47.6. The SMILES string of the molecule is CC(=O)N[C@H]1[C@H](OC[C@H]2O[C@@H](O[C@H]3[C@H](O)[C@@H](O)[C@H](O)O[C@@H]3CO)[C@H](O)[C@@H](O[C@@H]3O[C@H](CO)[C@@H](O[C@@H]4O[C@@H](C)[C@@H](O)[C@@H](O)[C@@H]4O)[C@H](O[C@@H]4O[C@H](CO)[C@H](O)[C@H](O[C@]5(C(=O)O)C[C@H](O)[C@@H](NC(C)=O)[C@H]([C@H](O)[C@H](O)CO)O5)[C@H]4O)[C@H]3NC(C)=O)[C@H]2O)O[C@H](CO)[C@@H](O)[C@@H]1O. The fraction of sp³-hybridized carbons (Fsp3) is 0.922. The highest BCUT2D eigenvalue weighted by molar-refractivity contribution is 5.77. The fourth-order valence-corrected chi connectivity index (χ4v) is 11.8. The molecule has 0 aromatic heterocycles. The van der Waals surface area contributed by atoms with Gasteiger partial charge in [-0.05, 0) is 6.92 Å². The number of hydrogen-bond donors (Lipinski definition) is 24. The molecule has 24 N–H and O–H groups in total. The molecule has 7 aliphatic rings. The zero-order chi connectivity index (χ0) is 68.3. The van der Waals surface area contributed by atoms with Gasteiger partial charge < -0.3 is 185 Å². The molecule has 7 fully saturated rings. The molecule has 0 spiro atoms. The third kappa shape index (κ3) is 16.4. The van der Waals surface area contributed by atoms with Gasteiger partial charge in [0.2, 0.25) is 17.7 Å². The Morgan fingerprint density at radius 2 is 0.946 bits per heavy atom. The molecule has 7 heterocycles. The lowest BCUT2D eigenvalue weighted by Crippen LogP contribution is -2.72. The molecule has 0 bridgehead atoms. The van der Waals surface area contributed by atoms with Crippen LogP contribution in [0.4, 0.5) is 0 Å². The molecule has 41 heteroatoms. The first-order chi connectivity index (χ1) is 43.3. The molecule has 0 radical (unpaired) electrons. The molecule has 3 amide bonds. The van der Waals surface area contributed by atoms with Gasteiger partial charge in [-0.25, -0.2) is 4.79 Å². The van der Waals surface area contributed by atoms with Crippen LogP contribution in [0.5, 0.6) is 0 Å². The maximum Gasteiger partial charge on any atom is 0.364 e. The Morgan fingerprint density at radius 3 is 1.52 bits per heavy atom. The Hall–Kier alpha value is -3.44. The van der Waals surface area contributed by atoms with Gasteiger partial charge in [0.25, 0.3) is 5.79 Å². The Bertz CT molecular complexity index is 2400. The van der Waals surface area contributed by atoms with Gasteiger partial charge in [0, 0.05) is 27.2 Å². The van der Waals surface area contributed by atoms with Crippen LogP contribution in [0, 0.1) is 0 Å².